The molecule has 23 heavy (non-hydrogen) atoms. The average molecular weight is 376 g/mol. The number of amides is 1. The van der Waals surface area contributed by atoms with Gasteiger partial charge in [0.2, 0.25) is 5.88 Å². The minimum Gasteiger partial charge on any atom is -0.439 e. The SMILES string of the molecule is NCC(NC(=O)c1ccc(Oc2ccc(Br)cc2)nc1)C1CC1. The number of halogens is 1. The average Bonchev–Trinajstić information content (AvgIpc) is 3.40. The molecular formula is C17H18BrN3O2. The van der Waals surface area contributed by atoms with E-state index in [4.69, 9.17) is 10.5 Å². The van der Waals surface area contributed by atoms with Gasteiger partial charge in [0, 0.05) is 29.3 Å². The fourth-order valence-electron chi connectivity index (χ4n) is 2.32. The van der Waals surface area contributed by atoms with Crippen molar-refractivity contribution in [2.45, 2.75) is 18.9 Å². The van der Waals surface area contributed by atoms with Crippen LogP contribution in [0.2, 0.25) is 0 Å². The van der Waals surface area contributed by atoms with E-state index in [0.29, 0.717) is 29.7 Å². The summed E-state index contributed by atoms with van der Waals surface area (Å²) in [6.07, 6.45) is 3.80. The number of pyridine rings is 1. The van der Waals surface area contributed by atoms with E-state index in [9.17, 15) is 4.79 Å². The van der Waals surface area contributed by atoms with Crippen LogP contribution in [0.5, 0.6) is 11.6 Å². The maximum atomic E-state index is 12.2. The Morgan fingerprint density at radius 2 is 2.04 bits per heavy atom. The van der Waals surface area contributed by atoms with Crippen LogP contribution in [0.1, 0.15) is 23.2 Å². The predicted octanol–water partition coefficient (Wildman–Crippen LogP) is 3.10. The summed E-state index contributed by atoms with van der Waals surface area (Å²) in [5, 5.41) is 2.97. The summed E-state index contributed by atoms with van der Waals surface area (Å²) >= 11 is 3.37. The molecule has 2 aromatic rings. The van der Waals surface area contributed by atoms with E-state index in [1.54, 1.807) is 12.1 Å². The molecule has 0 aliphatic heterocycles. The molecule has 0 radical (unpaired) electrons. The Morgan fingerprint density at radius 1 is 1.30 bits per heavy atom. The van der Waals surface area contributed by atoms with Crippen molar-refractivity contribution >= 4 is 21.8 Å². The molecule has 1 amide bonds. The summed E-state index contributed by atoms with van der Waals surface area (Å²) in [6.45, 7) is 0.467. The molecule has 3 N–H and O–H groups in total. The summed E-state index contributed by atoms with van der Waals surface area (Å²) in [6, 6.07) is 10.9. The van der Waals surface area contributed by atoms with Gasteiger partial charge in [0.1, 0.15) is 5.75 Å². The van der Waals surface area contributed by atoms with Crippen molar-refractivity contribution in [2.24, 2.45) is 11.7 Å². The Bertz CT molecular complexity index is 669. The molecule has 1 atom stereocenters. The molecule has 6 heteroatoms. The van der Waals surface area contributed by atoms with Gasteiger partial charge in [-0.05, 0) is 49.1 Å². The molecule has 0 saturated heterocycles. The first-order valence-corrected chi connectivity index (χ1v) is 8.35. The number of nitrogens with zero attached hydrogens (tertiary/aromatic N) is 1. The Labute approximate surface area is 143 Å². The molecule has 1 fully saturated rings. The number of nitrogens with two attached hydrogens (primary N) is 1. The molecule has 1 aromatic heterocycles. The third-order valence-electron chi connectivity index (χ3n) is 3.80. The molecule has 0 bridgehead atoms. The molecular weight excluding hydrogens is 358 g/mol. The number of hydrogen-bond acceptors (Lipinski definition) is 4. The van der Waals surface area contributed by atoms with Crippen molar-refractivity contribution in [1.29, 1.82) is 0 Å². The van der Waals surface area contributed by atoms with Crippen molar-refractivity contribution < 1.29 is 9.53 Å². The highest BCUT2D eigenvalue weighted by Gasteiger charge is 2.31. The number of carbonyl (C=O) groups is 1. The molecule has 1 heterocycles. The Hall–Kier alpha value is -1.92. The van der Waals surface area contributed by atoms with Gasteiger partial charge in [-0.3, -0.25) is 4.79 Å². The predicted molar refractivity (Wildman–Crippen MR) is 91.5 cm³/mol. The van der Waals surface area contributed by atoms with E-state index in [-0.39, 0.29) is 11.9 Å². The van der Waals surface area contributed by atoms with Crippen LogP contribution in [-0.4, -0.2) is 23.5 Å². The van der Waals surface area contributed by atoms with Crippen LogP contribution in [0, 0.1) is 5.92 Å². The zero-order chi connectivity index (χ0) is 16.2. The van der Waals surface area contributed by atoms with Gasteiger partial charge in [-0.25, -0.2) is 4.98 Å². The maximum absolute atomic E-state index is 12.2. The number of rotatable bonds is 6. The first kappa shape index (κ1) is 16.0. The molecule has 5 nitrogen and oxygen atoms in total. The summed E-state index contributed by atoms with van der Waals surface area (Å²) in [5.74, 6) is 1.52. The summed E-state index contributed by atoms with van der Waals surface area (Å²) in [4.78, 5) is 16.4. The minimum atomic E-state index is -0.143. The van der Waals surface area contributed by atoms with Gasteiger partial charge >= 0.3 is 0 Å². The van der Waals surface area contributed by atoms with E-state index in [2.05, 4.69) is 26.2 Å². The van der Waals surface area contributed by atoms with Gasteiger partial charge in [-0.1, -0.05) is 15.9 Å². The van der Waals surface area contributed by atoms with Gasteiger partial charge in [-0.2, -0.15) is 0 Å². The molecule has 120 valence electrons. The Morgan fingerprint density at radius 3 is 2.61 bits per heavy atom. The van der Waals surface area contributed by atoms with Crippen molar-refractivity contribution in [1.82, 2.24) is 10.3 Å². The van der Waals surface area contributed by atoms with Crippen LogP contribution in [0.25, 0.3) is 0 Å². The second-order valence-corrected chi connectivity index (χ2v) is 6.51. The number of aromatic nitrogens is 1. The lowest BCUT2D eigenvalue weighted by Gasteiger charge is -2.15. The van der Waals surface area contributed by atoms with Crippen LogP contribution < -0.4 is 15.8 Å². The van der Waals surface area contributed by atoms with Crippen LogP contribution in [0.3, 0.4) is 0 Å². The van der Waals surface area contributed by atoms with Crippen molar-refractivity contribution in [3.63, 3.8) is 0 Å². The quantitative estimate of drug-likeness (QED) is 0.812. The molecule has 1 unspecified atom stereocenters. The highest BCUT2D eigenvalue weighted by Crippen LogP contribution is 2.32. The number of ether oxygens (including phenoxy) is 1. The van der Waals surface area contributed by atoms with Crippen molar-refractivity contribution in [2.75, 3.05) is 6.54 Å². The second kappa shape index (κ2) is 7.10. The zero-order valence-corrected chi connectivity index (χ0v) is 14.1. The standard InChI is InChI=1S/C17H18BrN3O2/c18-13-4-6-14(7-5-13)23-16-8-3-12(10-20-16)17(22)21-15(9-19)11-1-2-11/h3-8,10-11,15H,1-2,9,19H2,(H,21,22). The Kier molecular flexibility index (Phi) is 4.93. The van der Waals surface area contributed by atoms with Gasteiger partial charge < -0.3 is 15.8 Å². The first-order chi connectivity index (χ1) is 11.2. The van der Waals surface area contributed by atoms with Crippen LogP contribution in [0.4, 0.5) is 0 Å². The third kappa shape index (κ3) is 4.30. The van der Waals surface area contributed by atoms with E-state index in [0.717, 1.165) is 17.3 Å². The largest absolute Gasteiger partial charge is 0.439 e. The van der Waals surface area contributed by atoms with E-state index < -0.39 is 0 Å². The van der Waals surface area contributed by atoms with Crippen LogP contribution in [0.15, 0.2) is 47.1 Å². The monoisotopic (exact) mass is 375 g/mol. The maximum Gasteiger partial charge on any atom is 0.253 e. The molecule has 0 spiro atoms. The summed E-state index contributed by atoms with van der Waals surface area (Å²) in [7, 11) is 0. The Balaban J connectivity index is 1.61. The lowest BCUT2D eigenvalue weighted by Crippen LogP contribution is -2.41. The fourth-order valence-corrected chi connectivity index (χ4v) is 2.58. The normalized spacial score (nSPS) is 15.0. The fraction of sp³-hybridized carbons (Fsp3) is 0.294. The van der Waals surface area contributed by atoms with Gasteiger partial charge in [0.05, 0.1) is 5.56 Å². The zero-order valence-electron chi connectivity index (χ0n) is 12.5. The second-order valence-electron chi connectivity index (χ2n) is 5.59. The van der Waals surface area contributed by atoms with Gasteiger partial charge in [0.15, 0.2) is 0 Å². The van der Waals surface area contributed by atoms with Gasteiger partial charge in [0.25, 0.3) is 5.91 Å². The summed E-state index contributed by atoms with van der Waals surface area (Å²) < 4.78 is 6.62. The minimum absolute atomic E-state index is 0.0567. The molecule has 1 saturated carbocycles. The number of hydrogen-bond donors (Lipinski definition) is 2. The highest BCUT2D eigenvalue weighted by molar-refractivity contribution is 9.10. The lowest BCUT2D eigenvalue weighted by atomic mass is 10.1. The van der Waals surface area contributed by atoms with E-state index in [1.807, 2.05) is 24.3 Å². The van der Waals surface area contributed by atoms with Crippen LogP contribution >= 0.6 is 15.9 Å². The van der Waals surface area contributed by atoms with E-state index >= 15 is 0 Å². The molecule has 1 aliphatic carbocycles. The summed E-state index contributed by atoms with van der Waals surface area (Å²) in [5.41, 5.74) is 6.21. The topological polar surface area (TPSA) is 77.2 Å². The van der Waals surface area contributed by atoms with Crippen LogP contribution in [-0.2, 0) is 0 Å². The number of carbonyl (C=O) groups excluding carboxylic acids is 1. The molecule has 1 aliphatic rings. The number of nitrogens with one attached hydrogen (secondary N) is 1. The van der Waals surface area contributed by atoms with Crippen molar-refractivity contribution in [3.05, 3.63) is 52.6 Å². The molecule has 3 rings (SSSR count). The highest BCUT2D eigenvalue weighted by atomic mass is 79.9. The lowest BCUT2D eigenvalue weighted by molar-refractivity contribution is 0.0933. The number of benzene rings is 1. The first-order valence-electron chi connectivity index (χ1n) is 7.56. The van der Waals surface area contributed by atoms with Gasteiger partial charge in [-0.15, -0.1) is 0 Å². The third-order valence-corrected chi connectivity index (χ3v) is 4.32. The molecule has 1 aromatic carbocycles. The van der Waals surface area contributed by atoms with Crippen molar-refractivity contribution in [3.8, 4) is 11.6 Å². The smallest absolute Gasteiger partial charge is 0.253 e. The van der Waals surface area contributed by atoms with E-state index in [1.165, 1.54) is 6.20 Å².